The van der Waals surface area contributed by atoms with E-state index in [9.17, 15) is 0 Å². The molecule has 3 aromatic rings. The van der Waals surface area contributed by atoms with Crippen LogP contribution in [0.15, 0.2) is 66.7 Å². The minimum Gasteiger partial charge on any atom is -0.0683 e. The monoisotopic (exact) mass is 278 g/mol. The van der Waals surface area contributed by atoms with E-state index in [1.807, 2.05) is 13.8 Å². The Kier molecular flexibility index (Phi) is 7.25. The number of rotatable bonds is 0. The third kappa shape index (κ3) is 5.43. The van der Waals surface area contributed by atoms with Crippen LogP contribution >= 0.6 is 0 Å². The van der Waals surface area contributed by atoms with Crippen molar-refractivity contribution in [1.29, 1.82) is 0 Å². The largest absolute Gasteiger partial charge is 0.0683 e. The maximum Gasteiger partial charge on any atom is -0.0155 e. The minimum absolute atomic E-state index is 1.33. The normalized spacial score (nSPS) is 9.19. The molecule has 0 aliphatic heterocycles. The first-order valence-electron chi connectivity index (χ1n) is 7.64. The molecule has 0 aliphatic rings. The molecule has 3 rings (SSSR count). The Labute approximate surface area is 129 Å². The second-order valence-electron chi connectivity index (χ2n) is 4.95. The Morgan fingerprint density at radius 3 is 1.52 bits per heavy atom. The Morgan fingerprint density at radius 1 is 0.524 bits per heavy atom. The molecule has 0 atom stereocenters. The average Bonchev–Trinajstić information content (AvgIpc) is 2.53. The molecule has 0 aromatic heterocycles. The smallest absolute Gasteiger partial charge is 0.0155 e. The van der Waals surface area contributed by atoms with Gasteiger partial charge in [-0.1, -0.05) is 91.7 Å². The van der Waals surface area contributed by atoms with Gasteiger partial charge in [-0.15, -0.1) is 0 Å². The van der Waals surface area contributed by atoms with E-state index in [0.717, 1.165) is 0 Å². The number of hydrogen-bond acceptors (Lipinski definition) is 0. The van der Waals surface area contributed by atoms with Crippen LogP contribution < -0.4 is 0 Å². The summed E-state index contributed by atoms with van der Waals surface area (Å²) in [7, 11) is 0. The van der Waals surface area contributed by atoms with Crippen molar-refractivity contribution in [3.05, 3.63) is 83.4 Å². The lowest BCUT2D eigenvalue weighted by molar-refractivity contribution is 1.40. The van der Waals surface area contributed by atoms with Gasteiger partial charge >= 0.3 is 0 Å². The Balaban J connectivity index is 0.000000196. The third-order valence-corrected chi connectivity index (χ3v) is 3.23. The number of aryl methyl sites for hydroxylation is 3. The zero-order valence-electron chi connectivity index (χ0n) is 13.9. The predicted octanol–water partition coefficient (Wildman–Crippen LogP) is 6.48. The van der Waals surface area contributed by atoms with Crippen LogP contribution in [-0.2, 0) is 0 Å². The molecule has 0 radical (unpaired) electrons. The number of fused-ring (bicyclic) bond motifs is 1. The fourth-order valence-electron chi connectivity index (χ4n) is 2.02. The zero-order chi connectivity index (χ0) is 15.7. The standard InChI is InChI=1S/C11H10.C8H10.C2H6/c1-9-5-4-7-10-6-2-3-8-11(9)10;1-7-3-5-8(2)6-4-7;1-2/h2-8H,1H3;3-6H,1-2H3;1-2H3. The van der Waals surface area contributed by atoms with Crippen molar-refractivity contribution < 1.29 is 0 Å². The molecule has 0 N–H and O–H groups in total. The quantitative estimate of drug-likeness (QED) is 0.441. The summed E-state index contributed by atoms with van der Waals surface area (Å²) in [5, 5.41) is 2.68. The van der Waals surface area contributed by atoms with Crippen molar-refractivity contribution in [3.8, 4) is 0 Å². The molecule has 21 heavy (non-hydrogen) atoms. The summed E-state index contributed by atoms with van der Waals surface area (Å²) in [6, 6.07) is 23.3. The first-order valence-corrected chi connectivity index (χ1v) is 7.64. The van der Waals surface area contributed by atoms with Crippen molar-refractivity contribution >= 4 is 10.8 Å². The van der Waals surface area contributed by atoms with Crippen LogP contribution in [0.3, 0.4) is 0 Å². The van der Waals surface area contributed by atoms with Gasteiger partial charge in [0.05, 0.1) is 0 Å². The summed E-state index contributed by atoms with van der Waals surface area (Å²) >= 11 is 0. The maximum absolute atomic E-state index is 2.16. The van der Waals surface area contributed by atoms with Gasteiger partial charge in [-0.3, -0.25) is 0 Å². The summed E-state index contributed by atoms with van der Waals surface area (Å²) in [5.74, 6) is 0. The van der Waals surface area contributed by atoms with Crippen LogP contribution in [0.4, 0.5) is 0 Å². The van der Waals surface area contributed by atoms with Crippen molar-refractivity contribution in [2.24, 2.45) is 0 Å². The van der Waals surface area contributed by atoms with E-state index < -0.39 is 0 Å². The van der Waals surface area contributed by atoms with E-state index in [4.69, 9.17) is 0 Å². The first-order chi connectivity index (χ1) is 10.2. The molecule has 0 fully saturated rings. The van der Waals surface area contributed by atoms with E-state index in [2.05, 4.69) is 87.5 Å². The molecule has 0 amide bonds. The third-order valence-electron chi connectivity index (χ3n) is 3.23. The second-order valence-corrected chi connectivity index (χ2v) is 4.95. The highest BCUT2D eigenvalue weighted by Crippen LogP contribution is 2.16. The van der Waals surface area contributed by atoms with Gasteiger partial charge in [-0.05, 0) is 37.1 Å². The number of hydrogen-bond donors (Lipinski definition) is 0. The predicted molar refractivity (Wildman–Crippen MR) is 95.9 cm³/mol. The summed E-state index contributed by atoms with van der Waals surface area (Å²) < 4.78 is 0. The molecule has 0 saturated carbocycles. The van der Waals surface area contributed by atoms with Crippen molar-refractivity contribution in [2.75, 3.05) is 0 Å². The molecular formula is C21H26. The molecule has 0 heterocycles. The molecule has 0 heteroatoms. The fraction of sp³-hybridized carbons (Fsp3) is 0.238. The van der Waals surface area contributed by atoms with Gasteiger partial charge in [0.15, 0.2) is 0 Å². The van der Waals surface area contributed by atoms with Crippen LogP contribution in [0.25, 0.3) is 10.8 Å². The Bertz CT molecular complexity index is 622. The summed E-state index contributed by atoms with van der Waals surface area (Å²) in [6.07, 6.45) is 0. The Hall–Kier alpha value is -2.08. The van der Waals surface area contributed by atoms with Crippen LogP contribution in [0.1, 0.15) is 30.5 Å². The zero-order valence-corrected chi connectivity index (χ0v) is 13.9. The second kappa shape index (κ2) is 8.97. The average molecular weight is 278 g/mol. The fourth-order valence-corrected chi connectivity index (χ4v) is 2.02. The van der Waals surface area contributed by atoms with Gasteiger partial charge in [-0.25, -0.2) is 0 Å². The van der Waals surface area contributed by atoms with Crippen LogP contribution in [0.2, 0.25) is 0 Å². The Morgan fingerprint density at radius 2 is 1.00 bits per heavy atom. The molecule has 110 valence electrons. The van der Waals surface area contributed by atoms with E-state index in [1.54, 1.807) is 0 Å². The summed E-state index contributed by atoms with van der Waals surface area (Å²) in [4.78, 5) is 0. The summed E-state index contributed by atoms with van der Waals surface area (Å²) in [6.45, 7) is 10.3. The van der Waals surface area contributed by atoms with Gasteiger partial charge in [0.1, 0.15) is 0 Å². The molecule has 3 aromatic carbocycles. The molecule has 0 unspecified atom stereocenters. The van der Waals surface area contributed by atoms with Crippen molar-refractivity contribution in [3.63, 3.8) is 0 Å². The highest BCUT2D eigenvalue weighted by Gasteiger charge is 1.92. The highest BCUT2D eigenvalue weighted by molar-refractivity contribution is 5.85. The lowest BCUT2D eigenvalue weighted by atomic mass is 10.1. The molecule has 0 saturated heterocycles. The minimum atomic E-state index is 1.33. The van der Waals surface area contributed by atoms with Crippen LogP contribution in [0, 0.1) is 20.8 Å². The molecule has 0 bridgehead atoms. The summed E-state index contributed by atoms with van der Waals surface area (Å²) in [5.41, 5.74) is 4.01. The lowest BCUT2D eigenvalue weighted by Crippen LogP contribution is -1.75. The molecule has 0 nitrogen and oxygen atoms in total. The SMILES string of the molecule is CC.Cc1ccc(C)cc1.Cc1cccc2ccccc12. The van der Waals surface area contributed by atoms with E-state index in [0.29, 0.717) is 0 Å². The van der Waals surface area contributed by atoms with Crippen LogP contribution in [0.5, 0.6) is 0 Å². The van der Waals surface area contributed by atoms with Crippen LogP contribution in [-0.4, -0.2) is 0 Å². The van der Waals surface area contributed by atoms with E-state index in [-0.39, 0.29) is 0 Å². The maximum atomic E-state index is 2.16. The molecular weight excluding hydrogens is 252 g/mol. The van der Waals surface area contributed by atoms with Crippen molar-refractivity contribution in [1.82, 2.24) is 0 Å². The lowest BCUT2D eigenvalue weighted by Gasteiger charge is -1.98. The van der Waals surface area contributed by atoms with E-state index >= 15 is 0 Å². The van der Waals surface area contributed by atoms with Gasteiger partial charge < -0.3 is 0 Å². The van der Waals surface area contributed by atoms with E-state index in [1.165, 1.54) is 27.5 Å². The van der Waals surface area contributed by atoms with Gasteiger partial charge in [-0.2, -0.15) is 0 Å². The molecule has 0 spiro atoms. The molecule has 0 aliphatic carbocycles. The first kappa shape index (κ1) is 17.0. The van der Waals surface area contributed by atoms with Gasteiger partial charge in [0, 0.05) is 0 Å². The van der Waals surface area contributed by atoms with Gasteiger partial charge in [0.2, 0.25) is 0 Å². The topological polar surface area (TPSA) is 0 Å². The highest BCUT2D eigenvalue weighted by atomic mass is 14.0. The van der Waals surface area contributed by atoms with Gasteiger partial charge in [0.25, 0.3) is 0 Å². The van der Waals surface area contributed by atoms with Crippen molar-refractivity contribution in [2.45, 2.75) is 34.6 Å². The number of benzene rings is 3.